The second kappa shape index (κ2) is 19.1. The van der Waals surface area contributed by atoms with Crippen LogP contribution in [0.15, 0.2) is 60.0 Å². The number of nitrogens with zero attached hydrogens (tertiary/aromatic N) is 1. The first kappa shape index (κ1) is 35.9. The van der Waals surface area contributed by atoms with E-state index in [2.05, 4.69) is 10.6 Å². The molecule has 0 fully saturated rings. The Balaban J connectivity index is 0.000000411. The zero-order chi connectivity index (χ0) is 31.7. The molecule has 5 N–H and O–H groups in total. The van der Waals surface area contributed by atoms with Gasteiger partial charge in [-0.3, -0.25) is 24.6 Å². The zero-order valence-electron chi connectivity index (χ0n) is 25.3. The molecule has 0 aliphatic rings. The van der Waals surface area contributed by atoms with Crippen molar-refractivity contribution in [1.29, 1.82) is 5.41 Å². The third-order valence-corrected chi connectivity index (χ3v) is 7.04. The number of carbonyl (C=O) groups is 4. The van der Waals surface area contributed by atoms with Crippen molar-refractivity contribution >= 4 is 41.1 Å². The van der Waals surface area contributed by atoms with E-state index in [-0.39, 0.29) is 30.0 Å². The largest absolute Gasteiger partial charge is 0.384 e. The van der Waals surface area contributed by atoms with E-state index < -0.39 is 6.04 Å². The molecular formula is C32H43N5O4S. The van der Waals surface area contributed by atoms with Crippen LogP contribution in [0.3, 0.4) is 0 Å². The average Bonchev–Trinajstić information content (AvgIpc) is 3.49. The summed E-state index contributed by atoms with van der Waals surface area (Å²) in [5.41, 5.74) is 9.05. The molecule has 3 aromatic rings. The van der Waals surface area contributed by atoms with Crippen molar-refractivity contribution in [3.05, 3.63) is 81.5 Å². The lowest BCUT2D eigenvalue weighted by atomic mass is 9.95. The molecule has 10 heteroatoms. The van der Waals surface area contributed by atoms with E-state index >= 15 is 0 Å². The first-order chi connectivity index (χ1) is 20.2. The molecule has 1 aromatic heterocycles. The second-order valence-electron chi connectivity index (χ2n) is 8.91. The molecule has 0 bridgehead atoms. The molecular weight excluding hydrogens is 550 g/mol. The Morgan fingerprint density at radius 1 is 1.07 bits per heavy atom. The Labute approximate surface area is 253 Å². The number of likely N-dealkylation sites (N-methyl/N-ethyl adjacent to an activating group) is 2. The van der Waals surface area contributed by atoms with Crippen molar-refractivity contribution in [2.45, 2.75) is 53.6 Å². The highest BCUT2D eigenvalue weighted by atomic mass is 32.1. The lowest BCUT2D eigenvalue weighted by Gasteiger charge is -2.29. The fourth-order valence-electron chi connectivity index (χ4n) is 4.08. The highest BCUT2D eigenvalue weighted by Gasteiger charge is 2.26. The highest BCUT2D eigenvalue weighted by molar-refractivity contribution is 7.10. The van der Waals surface area contributed by atoms with E-state index in [0.717, 1.165) is 22.3 Å². The van der Waals surface area contributed by atoms with Gasteiger partial charge in [0.25, 0.3) is 0 Å². The second-order valence-corrected chi connectivity index (χ2v) is 9.91. The molecule has 2 aromatic carbocycles. The monoisotopic (exact) mass is 593 g/mol. The molecule has 0 spiro atoms. The lowest BCUT2D eigenvalue weighted by molar-refractivity contribution is -0.139. The number of aldehydes is 1. The van der Waals surface area contributed by atoms with Gasteiger partial charge in [-0.2, -0.15) is 0 Å². The number of hydrogen-bond donors (Lipinski definition) is 4. The van der Waals surface area contributed by atoms with Crippen LogP contribution in [-0.4, -0.2) is 60.8 Å². The SMILES string of the molecule is CC.CC(=O)c1ccc(C=O)cc1-c1ccccc1.CCC(C(=O)NCc1cc(C(=N)N)cs1)N(CC)C(=O)CNC. The number of amides is 2. The van der Waals surface area contributed by atoms with Gasteiger partial charge in [0.1, 0.15) is 18.2 Å². The summed E-state index contributed by atoms with van der Waals surface area (Å²) in [6.07, 6.45) is 1.34. The van der Waals surface area contributed by atoms with Gasteiger partial charge in [-0.05, 0) is 50.6 Å². The van der Waals surface area contributed by atoms with Gasteiger partial charge in [-0.15, -0.1) is 11.3 Å². The Kier molecular flexibility index (Phi) is 16.3. The van der Waals surface area contributed by atoms with E-state index in [0.29, 0.717) is 36.2 Å². The number of carbonyl (C=O) groups excluding carboxylic acids is 4. The van der Waals surface area contributed by atoms with Crippen molar-refractivity contribution in [1.82, 2.24) is 15.5 Å². The molecule has 1 atom stereocenters. The molecule has 226 valence electrons. The quantitative estimate of drug-likeness (QED) is 0.102. The fourth-order valence-corrected chi connectivity index (χ4v) is 4.90. The van der Waals surface area contributed by atoms with Crippen molar-refractivity contribution in [2.75, 3.05) is 20.1 Å². The van der Waals surface area contributed by atoms with E-state index in [9.17, 15) is 19.2 Å². The van der Waals surface area contributed by atoms with Gasteiger partial charge in [0.05, 0.1) is 13.1 Å². The molecule has 0 aliphatic carbocycles. The summed E-state index contributed by atoms with van der Waals surface area (Å²) in [6, 6.07) is 16.0. The molecule has 42 heavy (non-hydrogen) atoms. The van der Waals surface area contributed by atoms with Crippen molar-refractivity contribution in [3.63, 3.8) is 0 Å². The van der Waals surface area contributed by atoms with E-state index in [1.54, 1.807) is 41.6 Å². The molecule has 0 saturated heterocycles. The molecule has 1 heterocycles. The lowest BCUT2D eigenvalue weighted by Crippen LogP contribution is -2.51. The first-order valence-corrected chi connectivity index (χ1v) is 14.8. The standard InChI is InChI=1S/C15H25N5O2S.C15H12O2.C2H6/c1-4-12(20(5-2)13(21)8-18-3)15(22)19-7-11-6-10(9-23-11)14(16)17;1-11(17)14-8-7-12(10-16)9-15(14)13-5-3-2-4-6-13;1-2/h6,9,12,18H,4-5,7-8H2,1-3H3,(H3,16,17)(H,19,22);2-10H,1H3;1-2H3. The van der Waals surface area contributed by atoms with Crippen LogP contribution in [0.5, 0.6) is 0 Å². The molecule has 3 rings (SSSR count). The number of hydrogen-bond acceptors (Lipinski definition) is 7. The molecule has 0 aliphatic heterocycles. The maximum atomic E-state index is 12.4. The van der Waals surface area contributed by atoms with Crippen LogP contribution < -0.4 is 16.4 Å². The number of ketones is 1. The third kappa shape index (κ3) is 10.7. The predicted octanol–water partition coefficient (Wildman–Crippen LogP) is 4.89. The van der Waals surface area contributed by atoms with Gasteiger partial charge in [0.15, 0.2) is 5.78 Å². The highest BCUT2D eigenvalue weighted by Crippen LogP contribution is 2.25. The summed E-state index contributed by atoms with van der Waals surface area (Å²) < 4.78 is 0. The van der Waals surface area contributed by atoms with Crippen molar-refractivity contribution in [3.8, 4) is 11.1 Å². The number of Topliss-reactive ketones (excluding diaryl/α,β-unsaturated/α-hetero) is 1. The first-order valence-electron chi connectivity index (χ1n) is 14.0. The van der Waals surface area contributed by atoms with Gasteiger partial charge < -0.3 is 21.3 Å². The Morgan fingerprint density at radius 3 is 2.24 bits per heavy atom. The maximum absolute atomic E-state index is 12.4. The van der Waals surface area contributed by atoms with Crippen LogP contribution in [0.25, 0.3) is 11.1 Å². The number of thiophene rings is 1. The number of benzene rings is 2. The number of amidine groups is 1. The molecule has 0 saturated carbocycles. The maximum Gasteiger partial charge on any atom is 0.243 e. The zero-order valence-corrected chi connectivity index (χ0v) is 26.1. The Morgan fingerprint density at radius 2 is 1.74 bits per heavy atom. The molecule has 9 nitrogen and oxygen atoms in total. The van der Waals surface area contributed by atoms with Gasteiger partial charge in [0, 0.05) is 33.5 Å². The summed E-state index contributed by atoms with van der Waals surface area (Å²) >= 11 is 1.44. The van der Waals surface area contributed by atoms with E-state index in [4.69, 9.17) is 11.1 Å². The fraction of sp³-hybridized carbons (Fsp3) is 0.344. The summed E-state index contributed by atoms with van der Waals surface area (Å²) in [7, 11) is 1.70. The smallest absolute Gasteiger partial charge is 0.243 e. The van der Waals surface area contributed by atoms with E-state index in [1.165, 1.54) is 18.3 Å². The van der Waals surface area contributed by atoms with Crippen LogP contribution in [0.4, 0.5) is 0 Å². The number of nitrogens with one attached hydrogen (secondary N) is 3. The Hall–Kier alpha value is -4.15. The van der Waals surface area contributed by atoms with Gasteiger partial charge in [-0.1, -0.05) is 63.2 Å². The Bertz CT molecular complexity index is 1320. The molecule has 0 radical (unpaired) electrons. The molecule has 2 amide bonds. The number of nitrogen functional groups attached to an aromatic ring is 1. The summed E-state index contributed by atoms with van der Waals surface area (Å²) in [5.74, 6) is -0.245. The van der Waals surface area contributed by atoms with Crippen LogP contribution >= 0.6 is 11.3 Å². The average molecular weight is 594 g/mol. The molecule has 1 unspecified atom stereocenters. The van der Waals surface area contributed by atoms with Gasteiger partial charge >= 0.3 is 0 Å². The minimum atomic E-state index is -0.479. The van der Waals surface area contributed by atoms with Crippen LogP contribution in [0, 0.1) is 5.41 Å². The minimum absolute atomic E-state index is 0.00121. The van der Waals surface area contributed by atoms with Crippen molar-refractivity contribution < 1.29 is 19.2 Å². The third-order valence-electron chi connectivity index (χ3n) is 6.10. The summed E-state index contributed by atoms with van der Waals surface area (Å²) in [6.45, 7) is 10.3. The van der Waals surface area contributed by atoms with Gasteiger partial charge in [-0.25, -0.2) is 0 Å². The van der Waals surface area contributed by atoms with Crippen LogP contribution in [0.1, 0.15) is 72.2 Å². The van der Waals surface area contributed by atoms with Gasteiger partial charge in [0.2, 0.25) is 11.8 Å². The predicted molar refractivity (Wildman–Crippen MR) is 171 cm³/mol. The normalized spacial score (nSPS) is 10.6. The minimum Gasteiger partial charge on any atom is -0.384 e. The number of rotatable bonds is 12. The summed E-state index contributed by atoms with van der Waals surface area (Å²) in [4.78, 5) is 49.3. The van der Waals surface area contributed by atoms with Crippen molar-refractivity contribution in [2.24, 2.45) is 5.73 Å². The topological polar surface area (TPSA) is 145 Å². The van der Waals surface area contributed by atoms with Crippen LogP contribution in [-0.2, 0) is 16.1 Å². The van der Waals surface area contributed by atoms with Crippen LogP contribution in [0.2, 0.25) is 0 Å². The van der Waals surface area contributed by atoms with E-state index in [1.807, 2.05) is 58.0 Å². The number of nitrogens with two attached hydrogens (primary N) is 1. The summed E-state index contributed by atoms with van der Waals surface area (Å²) in [5, 5.41) is 14.8.